The van der Waals surface area contributed by atoms with E-state index in [9.17, 15) is 4.79 Å². The summed E-state index contributed by atoms with van der Waals surface area (Å²) in [6.07, 6.45) is 1.47. The van der Waals surface area contributed by atoms with Gasteiger partial charge in [0.15, 0.2) is 5.13 Å². The highest BCUT2D eigenvalue weighted by Crippen LogP contribution is 2.17. The maximum atomic E-state index is 11.9. The highest BCUT2D eigenvalue weighted by molar-refractivity contribution is 7.13. The van der Waals surface area contributed by atoms with E-state index in [-0.39, 0.29) is 5.91 Å². The molecular formula is C11H12N4OS. The molecule has 6 heteroatoms. The molecule has 2 aromatic heterocycles. The van der Waals surface area contributed by atoms with Gasteiger partial charge in [0.25, 0.3) is 5.91 Å². The van der Waals surface area contributed by atoms with E-state index in [1.54, 1.807) is 6.07 Å². The molecule has 0 spiro atoms. The molecule has 0 atom stereocenters. The first kappa shape index (κ1) is 11.5. The molecule has 2 aromatic rings. The minimum atomic E-state index is -0.288. The summed E-state index contributed by atoms with van der Waals surface area (Å²) in [5, 5.41) is 5.12. The molecule has 0 aliphatic heterocycles. The molecule has 0 saturated carbocycles. The lowest BCUT2D eigenvalue weighted by atomic mass is 10.2. The molecule has 2 rings (SSSR count). The van der Waals surface area contributed by atoms with Gasteiger partial charge in [-0.25, -0.2) is 4.98 Å². The van der Waals surface area contributed by atoms with Crippen molar-refractivity contribution in [3.05, 3.63) is 34.6 Å². The van der Waals surface area contributed by atoms with E-state index in [0.29, 0.717) is 16.4 Å². The third kappa shape index (κ3) is 2.59. The normalized spacial score (nSPS) is 10.2. The van der Waals surface area contributed by atoms with E-state index in [2.05, 4.69) is 15.3 Å². The molecule has 5 nitrogen and oxygen atoms in total. The van der Waals surface area contributed by atoms with E-state index in [4.69, 9.17) is 5.73 Å². The number of nitrogens with zero attached hydrogens (tertiary/aromatic N) is 2. The lowest BCUT2D eigenvalue weighted by Crippen LogP contribution is -2.14. The van der Waals surface area contributed by atoms with Crippen LogP contribution in [0.25, 0.3) is 0 Å². The molecule has 88 valence electrons. The van der Waals surface area contributed by atoms with Gasteiger partial charge >= 0.3 is 0 Å². The first-order chi connectivity index (χ1) is 8.06. The maximum Gasteiger partial charge on any atom is 0.261 e. The molecule has 0 radical (unpaired) electrons. The van der Waals surface area contributed by atoms with E-state index >= 15 is 0 Å². The van der Waals surface area contributed by atoms with Gasteiger partial charge in [-0.3, -0.25) is 15.1 Å². The molecule has 2 heterocycles. The van der Waals surface area contributed by atoms with Gasteiger partial charge in [-0.05, 0) is 19.9 Å². The van der Waals surface area contributed by atoms with E-state index in [1.165, 1.54) is 17.5 Å². The number of pyridine rings is 1. The smallest absolute Gasteiger partial charge is 0.261 e. The first-order valence-electron chi connectivity index (χ1n) is 5.02. The Morgan fingerprint density at radius 1 is 1.41 bits per heavy atom. The summed E-state index contributed by atoms with van der Waals surface area (Å²) >= 11 is 1.38. The van der Waals surface area contributed by atoms with Gasteiger partial charge < -0.3 is 5.73 Å². The second-order valence-electron chi connectivity index (χ2n) is 3.66. The van der Waals surface area contributed by atoms with Crippen molar-refractivity contribution in [2.45, 2.75) is 13.8 Å². The Kier molecular flexibility index (Phi) is 3.06. The van der Waals surface area contributed by atoms with Crippen molar-refractivity contribution in [2.75, 3.05) is 11.1 Å². The Balaban J connectivity index is 2.20. The molecular weight excluding hydrogens is 236 g/mol. The third-order valence-electron chi connectivity index (χ3n) is 2.16. The van der Waals surface area contributed by atoms with Crippen LogP contribution >= 0.6 is 11.3 Å². The number of hydrogen-bond donors (Lipinski definition) is 2. The lowest BCUT2D eigenvalue weighted by molar-refractivity contribution is 0.102. The van der Waals surface area contributed by atoms with Crippen LogP contribution in [0.5, 0.6) is 0 Å². The van der Waals surface area contributed by atoms with Crippen LogP contribution in [0.4, 0.5) is 10.8 Å². The van der Waals surface area contributed by atoms with Gasteiger partial charge in [-0.1, -0.05) is 0 Å². The zero-order chi connectivity index (χ0) is 12.4. The van der Waals surface area contributed by atoms with Gasteiger partial charge in [0.1, 0.15) is 0 Å². The molecule has 0 aliphatic carbocycles. The Bertz CT molecular complexity index is 564. The number of amides is 1. The van der Waals surface area contributed by atoms with Crippen molar-refractivity contribution in [3.63, 3.8) is 0 Å². The van der Waals surface area contributed by atoms with Crippen LogP contribution < -0.4 is 11.1 Å². The predicted octanol–water partition coefficient (Wildman–Crippen LogP) is 1.99. The SMILES string of the molecule is Cc1cc(N)c(C(=O)Nc2nc(C)cs2)cn1. The van der Waals surface area contributed by atoms with Crippen molar-refractivity contribution in [3.8, 4) is 0 Å². The number of nitrogens with two attached hydrogens (primary N) is 1. The monoisotopic (exact) mass is 248 g/mol. The highest BCUT2D eigenvalue weighted by Gasteiger charge is 2.12. The van der Waals surface area contributed by atoms with Crippen LogP contribution in [0.15, 0.2) is 17.6 Å². The largest absolute Gasteiger partial charge is 0.398 e. The van der Waals surface area contributed by atoms with E-state index in [1.807, 2.05) is 19.2 Å². The number of carbonyl (C=O) groups is 1. The van der Waals surface area contributed by atoms with Crippen molar-refractivity contribution < 1.29 is 4.79 Å². The van der Waals surface area contributed by atoms with Crippen LogP contribution in [-0.4, -0.2) is 15.9 Å². The molecule has 3 N–H and O–H groups in total. The average Bonchev–Trinajstić information content (AvgIpc) is 2.63. The van der Waals surface area contributed by atoms with Crippen molar-refractivity contribution in [2.24, 2.45) is 0 Å². The molecule has 0 aromatic carbocycles. The fourth-order valence-corrected chi connectivity index (χ4v) is 2.03. The Morgan fingerprint density at radius 2 is 2.18 bits per heavy atom. The number of rotatable bonds is 2. The van der Waals surface area contributed by atoms with Crippen LogP contribution in [0, 0.1) is 13.8 Å². The summed E-state index contributed by atoms with van der Waals surface area (Å²) in [5.74, 6) is -0.288. The molecule has 0 aliphatic rings. The quantitative estimate of drug-likeness (QED) is 0.851. The van der Waals surface area contributed by atoms with Crippen molar-refractivity contribution >= 4 is 28.1 Å². The van der Waals surface area contributed by atoms with Crippen LogP contribution in [0.3, 0.4) is 0 Å². The van der Waals surface area contributed by atoms with Crippen LogP contribution in [-0.2, 0) is 0 Å². The zero-order valence-corrected chi connectivity index (χ0v) is 10.3. The summed E-state index contributed by atoms with van der Waals surface area (Å²) in [7, 11) is 0. The summed E-state index contributed by atoms with van der Waals surface area (Å²) in [5.41, 5.74) is 8.20. The Labute approximate surface area is 103 Å². The molecule has 0 bridgehead atoms. The fourth-order valence-electron chi connectivity index (χ4n) is 1.35. The number of aromatic nitrogens is 2. The van der Waals surface area contributed by atoms with Crippen LogP contribution in [0.1, 0.15) is 21.7 Å². The number of thiazole rings is 1. The topological polar surface area (TPSA) is 80.9 Å². The van der Waals surface area contributed by atoms with Gasteiger partial charge in [0, 0.05) is 23.0 Å². The zero-order valence-electron chi connectivity index (χ0n) is 9.52. The highest BCUT2D eigenvalue weighted by atomic mass is 32.1. The number of nitrogen functional groups attached to an aromatic ring is 1. The number of anilines is 2. The van der Waals surface area contributed by atoms with Crippen molar-refractivity contribution in [1.29, 1.82) is 0 Å². The molecule has 0 fully saturated rings. The minimum absolute atomic E-state index is 0.288. The van der Waals surface area contributed by atoms with Crippen LogP contribution in [0.2, 0.25) is 0 Å². The summed E-state index contributed by atoms with van der Waals surface area (Å²) < 4.78 is 0. The first-order valence-corrected chi connectivity index (χ1v) is 5.90. The number of aryl methyl sites for hydroxylation is 2. The Morgan fingerprint density at radius 3 is 2.76 bits per heavy atom. The van der Waals surface area contributed by atoms with Crippen molar-refractivity contribution in [1.82, 2.24) is 9.97 Å². The van der Waals surface area contributed by atoms with E-state index < -0.39 is 0 Å². The van der Waals surface area contributed by atoms with E-state index in [0.717, 1.165) is 11.4 Å². The number of nitrogens with one attached hydrogen (secondary N) is 1. The average molecular weight is 248 g/mol. The lowest BCUT2D eigenvalue weighted by Gasteiger charge is -2.05. The summed E-state index contributed by atoms with van der Waals surface area (Å²) in [6, 6.07) is 1.67. The van der Waals surface area contributed by atoms with Gasteiger partial charge in [0.05, 0.1) is 11.3 Å². The standard InChI is InChI=1S/C11H12N4OS/c1-6-3-9(12)8(4-13-6)10(16)15-11-14-7(2)5-17-11/h3-5H,1-2H3,(H2,12,13)(H,14,15,16). The predicted molar refractivity (Wildman–Crippen MR) is 68.2 cm³/mol. The molecule has 17 heavy (non-hydrogen) atoms. The summed E-state index contributed by atoms with van der Waals surface area (Å²) in [6.45, 7) is 3.69. The second kappa shape index (κ2) is 4.50. The number of carbonyl (C=O) groups excluding carboxylic acids is 1. The third-order valence-corrected chi connectivity index (χ3v) is 3.03. The summed E-state index contributed by atoms with van der Waals surface area (Å²) in [4.78, 5) is 20.1. The Hall–Kier alpha value is -1.95. The number of hydrogen-bond acceptors (Lipinski definition) is 5. The minimum Gasteiger partial charge on any atom is -0.398 e. The van der Waals surface area contributed by atoms with Gasteiger partial charge in [-0.15, -0.1) is 11.3 Å². The maximum absolute atomic E-state index is 11.9. The molecule has 0 saturated heterocycles. The fraction of sp³-hybridized carbons (Fsp3) is 0.182. The van der Waals surface area contributed by atoms with Gasteiger partial charge in [-0.2, -0.15) is 0 Å². The van der Waals surface area contributed by atoms with Gasteiger partial charge in [0.2, 0.25) is 0 Å². The molecule has 0 unspecified atom stereocenters. The second-order valence-corrected chi connectivity index (χ2v) is 4.52. The molecule has 1 amide bonds.